The van der Waals surface area contributed by atoms with Gasteiger partial charge in [0.2, 0.25) is 0 Å². The zero-order chi connectivity index (χ0) is 47.2. The second-order valence-electron chi connectivity index (χ2n) is 17.7. The Bertz CT molecular complexity index is 1270. The molecule has 0 saturated heterocycles. The molecular formula is C59H100O6. The van der Waals surface area contributed by atoms with E-state index in [2.05, 4.69) is 106 Å². The van der Waals surface area contributed by atoms with E-state index in [1.165, 1.54) is 96.3 Å². The first kappa shape index (κ1) is 61.6. The summed E-state index contributed by atoms with van der Waals surface area (Å²) in [5.41, 5.74) is 0. The van der Waals surface area contributed by atoms with Gasteiger partial charge in [-0.25, -0.2) is 0 Å². The normalized spacial score (nSPS) is 12.7. The Morgan fingerprint density at radius 1 is 0.323 bits per heavy atom. The maximum atomic E-state index is 12.7. The van der Waals surface area contributed by atoms with E-state index >= 15 is 0 Å². The fourth-order valence-corrected chi connectivity index (χ4v) is 7.39. The molecule has 0 aromatic carbocycles. The quantitative estimate of drug-likeness (QED) is 0.0262. The first-order valence-corrected chi connectivity index (χ1v) is 27.1. The number of allylic oxidation sites excluding steroid dienone is 14. The van der Waals surface area contributed by atoms with Gasteiger partial charge >= 0.3 is 17.9 Å². The van der Waals surface area contributed by atoms with E-state index in [1.54, 1.807) is 0 Å². The van der Waals surface area contributed by atoms with Gasteiger partial charge in [0.1, 0.15) is 13.2 Å². The van der Waals surface area contributed by atoms with Crippen LogP contribution in [0.5, 0.6) is 0 Å². The number of esters is 3. The molecule has 0 amide bonds. The van der Waals surface area contributed by atoms with Crippen LogP contribution in [-0.4, -0.2) is 37.2 Å². The largest absolute Gasteiger partial charge is 0.462 e. The highest BCUT2D eigenvalue weighted by atomic mass is 16.6. The predicted molar refractivity (Wildman–Crippen MR) is 279 cm³/mol. The number of hydrogen-bond acceptors (Lipinski definition) is 6. The van der Waals surface area contributed by atoms with Crippen molar-refractivity contribution in [1.82, 2.24) is 0 Å². The van der Waals surface area contributed by atoms with E-state index in [0.717, 1.165) is 116 Å². The Morgan fingerprint density at radius 2 is 0.600 bits per heavy atom. The van der Waals surface area contributed by atoms with Crippen LogP contribution in [0.1, 0.15) is 252 Å². The van der Waals surface area contributed by atoms with Crippen molar-refractivity contribution in [2.75, 3.05) is 13.2 Å². The summed E-state index contributed by atoms with van der Waals surface area (Å²) >= 11 is 0. The Morgan fingerprint density at radius 3 is 0.954 bits per heavy atom. The van der Waals surface area contributed by atoms with Crippen molar-refractivity contribution in [3.8, 4) is 0 Å². The van der Waals surface area contributed by atoms with Gasteiger partial charge in [-0.15, -0.1) is 0 Å². The summed E-state index contributed by atoms with van der Waals surface area (Å²) in [5.74, 6) is -0.930. The molecule has 65 heavy (non-hydrogen) atoms. The number of hydrogen-bond donors (Lipinski definition) is 0. The fourth-order valence-electron chi connectivity index (χ4n) is 7.39. The summed E-state index contributed by atoms with van der Waals surface area (Å²) < 4.78 is 16.6. The number of carbonyl (C=O) groups is 3. The third-order valence-corrected chi connectivity index (χ3v) is 11.4. The highest BCUT2D eigenvalue weighted by molar-refractivity contribution is 5.71. The maximum absolute atomic E-state index is 12.7. The van der Waals surface area contributed by atoms with Crippen LogP contribution < -0.4 is 0 Å². The van der Waals surface area contributed by atoms with Gasteiger partial charge in [0.15, 0.2) is 6.10 Å². The molecule has 0 fully saturated rings. The van der Waals surface area contributed by atoms with Gasteiger partial charge in [-0.3, -0.25) is 14.4 Å². The molecule has 0 aliphatic rings. The minimum Gasteiger partial charge on any atom is -0.462 e. The molecule has 0 rings (SSSR count). The van der Waals surface area contributed by atoms with Crippen molar-refractivity contribution < 1.29 is 28.6 Å². The van der Waals surface area contributed by atoms with E-state index in [0.29, 0.717) is 19.3 Å². The molecule has 372 valence electrons. The molecule has 1 atom stereocenters. The van der Waals surface area contributed by atoms with Gasteiger partial charge in [-0.2, -0.15) is 0 Å². The van der Waals surface area contributed by atoms with E-state index in [4.69, 9.17) is 14.2 Å². The lowest BCUT2D eigenvalue weighted by atomic mass is 10.0. The average Bonchev–Trinajstić information content (AvgIpc) is 3.30. The van der Waals surface area contributed by atoms with Crippen LogP contribution in [0.15, 0.2) is 85.1 Å². The summed E-state index contributed by atoms with van der Waals surface area (Å²) in [6.07, 6.45) is 69.2. The third-order valence-electron chi connectivity index (χ3n) is 11.4. The van der Waals surface area contributed by atoms with Gasteiger partial charge in [0, 0.05) is 19.3 Å². The van der Waals surface area contributed by atoms with Crippen molar-refractivity contribution >= 4 is 17.9 Å². The van der Waals surface area contributed by atoms with Gasteiger partial charge < -0.3 is 14.2 Å². The van der Waals surface area contributed by atoms with Gasteiger partial charge in [-0.1, -0.05) is 228 Å². The van der Waals surface area contributed by atoms with E-state index in [1.807, 2.05) is 0 Å². The van der Waals surface area contributed by atoms with Crippen molar-refractivity contribution in [1.29, 1.82) is 0 Å². The second kappa shape index (κ2) is 53.2. The van der Waals surface area contributed by atoms with Gasteiger partial charge in [-0.05, 0) is 89.9 Å². The molecule has 0 radical (unpaired) electrons. The highest BCUT2D eigenvalue weighted by Crippen LogP contribution is 2.15. The van der Waals surface area contributed by atoms with E-state index < -0.39 is 6.10 Å². The topological polar surface area (TPSA) is 78.9 Å². The maximum Gasteiger partial charge on any atom is 0.306 e. The van der Waals surface area contributed by atoms with Crippen LogP contribution in [0.2, 0.25) is 0 Å². The SMILES string of the molecule is CC/C=C\C/C=C\C/C=C\C/C=C\CCCCCCCCCCCCCCCCCCC(=O)OCC(COC(=O)CCCCCCC)OC(=O)CCCCC/C=C\C/C=C\C/C=C\CC. The minimum atomic E-state index is -0.785. The van der Waals surface area contributed by atoms with Crippen molar-refractivity contribution in [2.24, 2.45) is 0 Å². The lowest BCUT2D eigenvalue weighted by Crippen LogP contribution is -2.30. The lowest BCUT2D eigenvalue weighted by molar-refractivity contribution is -0.167. The molecule has 0 bridgehead atoms. The summed E-state index contributed by atoms with van der Waals surface area (Å²) in [6.45, 7) is 6.30. The van der Waals surface area contributed by atoms with Crippen molar-refractivity contribution in [3.63, 3.8) is 0 Å². The summed E-state index contributed by atoms with van der Waals surface area (Å²) in [6, 6.07) is 0. The smallest absolute Gasteiger partial charge is 0.306 e. The van der Waals surface area contributed by atoms with Crippen molar-refractivity contribution in [2.45, 2.75) is 258 Å². The van der Waals surface area contributed by atoms with Gasteiger partial charge in [0.25, 0.3) is 0 Å². The molecule has 0 aromatic rings. The molecule has 6 heteroatoms. The summed E-state index contributed by atoms with van der Waals surface area (Å²) in [7, 11) is 0. The van der Waals surface area contributed by atoms with Crippen LogP contribution >= 0.6 is 0 Å². The Kier molecular flexibility index (Phi) is 50.4. The number of carbonyl (C=O) groups excluding carboxylic acids is 3. The highest BCUT2D eigenvalue weighted by Gasteiger charge is 2.19. The standard InChI is InChI=1S/C59H100O6/c1-4-7-10-13-15-17-19-21-22-23-24-25-26-27-28-29-30-31-32-33-34-35-36-38-39-41-43-46-49-52-58(61)64-55-56(54-63-57(60)51-48-45-12-9-6-3)65-59(62)53-50-47-44-42-40-37-20-18-16-14-11-8-5-2/h7-8,10-11,15-18,21-22,24-25,37,40,56H,4-6,9,12-14,19-20,23,26-36,38-39,41-55H2,1-3H3/b10-7-,11-8-,17-15-,18-16-,22-21-,25-24-,40-37-. The van der Waals surface area contributed by atoms with Crippen LogP contribution in [0.25, 0.3) is 0 Å². The van der Waals surface area contributed by atoms with E-state index in [9.17, 15) is 14.4 Å². The first-order valence-electron chi connectivity index (χ1n) is 27.1. The van der Waals surface area contributed by atoms with Crippen LogP contribution in [0.4, 0.5) is 0 Å². The zero-order valence-electron chi connectivity index (χ0n) is 42.5. The lowest BCUT2D eigenvalue weighted by Gasteiger charge is -2.18. The molecule has 0 spiro atoms. The third kappa shape index (κ3) is 51.4. The van der Waals surface area contributed by atoms with Crippen LogP contribution in [-0.2, 0) is 28.6 Å². The predicted octanol–water partition coefficient (Wildman–Crippen LogP) is 18.0. The number of rotatable bonds is 48. The van der Waals surface area contributed by atoms with Gasteiger partial charge in [0.05, 0.1) is 0 Å². The fraction of sp³-hybridized carbons (Fsp3) is 0.712. The van der Waals surface area contributed by atoms with E-state index in [-0.39, 0.29) is 31.1 Å². The first-order chi connectivity index (χ1) is 32.0. The van der Waals surface area contributed by atoms with Crippen LogP contribution in [0.3, 0.4) is 0 Å². The Labute approximate surface area is 401 Å². The summed E-state index contributed by atoms with van der Waals surface area (Å²) in [5, 5.41) is 0. The second-order valence-corrected chi connectivity index (χ2v) is 17.7. The monoisotopic (exact) mass is 905 g/mol. The Balaban J connectivity index is 4.01. The molecule has 0 aliphatic heterocycles. The molecule has 6 nitrogen and oxygen atoms in total. The summed E-state index contributed by atoms with van der Waals surface area (Å²) in [4.78, 5) is 37.6. The molecular weight excluding hydrogens is 805 g/mol. The molecule has 0 aromatic heterocycles. The minimum absolute atomic E-state index is 0.0871. The average molecular weight is 905 g/mol. The van der Waals surface area contributed by atoms with Crippen LogP contribution in [0, 0.1) is 0 Å². The number of ether oxygens (including phenoxy) is 3. The molecule has 0 aliphatic carbocycles. The molecule has 0 saturated carbocycles. The molecule has 1 unspecified atom stereocenters. The Hall–Kier alpha value is -3.41. The molecule has 0 N–H and O–H groups in total. The van der Waals surface area contributed by atoms with Crippen molar-refractivity contribution in [3.05, 3.63) is 85.1 Å². The number of unbranched alkanes of at least 4 members (excludes halogenated alkanes) is 23. The molecule has 0 heterocycles. The zero-order valence-corrected chi connectivity index (χ0v) is 42.5.